The summed E-state index contributed by atoms with van der Waals surface area (Å²) in [5.74, 6) is -1.70. The second kappa shape index (κ2) is 7.47. The maximum absolute atomic E-state index is 13.7. The Bertz CT molecular complexity index is 683. The normalized spacial score (nSPS) is 24.3. The molecule has 1 aromatic rings. The van der Waals surface area contributed by atoms with Crippen LogP contribution in [0.1, 0.15) is 12.5 Å². The molecule has 1 aromatic carbocycles. The number of ether oxygens (including phenoxy) is 1. The highest BCUT2D eigenvalue weighted by atomic mass is 19.1. The number of carbonyl (C=O) groups excluding carboxylic acids is 1. The second-order valence-corrected chi connectivity index (χ2v) is 6.28. The molecule has 0 aromatic heterocycles. The number of hydroxylamine groups is 2. The molecule has 136 valence electrons. The minimum Gasteiger partial charge on any atom is -0.376 e. The fraction of sp³-hybridized carbons (Fsp3) is 0.471. The zero-order valence-corrected chi connectivity index (χ0v) is 14.2. The van der Waals surface area contributed by atoms with Crippen LogP contribution < -0.4 is 5.32 Å². The number of rotatable bonds is 3. The monoisotopic (exact) mass is 353 g/mol. The standard InChI is InChI=1S/C17H21F2N3O3/c1-11-9-24-16-8-21(2)7-13(10-25-22(11)16)17(23)20-6-12-3-4-14(18)5-15(12)19/h3-5,7,11,16H,6,8-10H2,1-2H3,(H,20,23)/t11-,16?/m0/s1. The highest BCUT2D eigenvalue weighted by Gasteiger charge is 2.35. The Morgan fingerprint density at radius 1 is 1.40 bits per heavy atom. The predicted octanol–water partition coefficient (Wildman–Crippen LogP) is 1.39. The molecular weight excluding hydrogens is 332 g/mol. The SMILES string of the molecule is C[C@H]1COC2CN(C)C=C(C(=O)NCc3ccc(F)cc3F)CON21. The summed E-state index contributed by atoms with van der Waals surface area (Å²) >= 11 is 0. The van der Waals surface area contributed by atoms with Crippen LogP contribution in [-0.4, -0.2) is 54.9 Å². The van der Waals surface area contributed by atoms with Crippen LogP contribution in [0.4, 0.5) is 8.78 Å². The molecule has 1 unspecified atom stereocenters. The number of carbonyl (C=O) groups is 1. The minimum atomic E-state index is -0.689. The van der Waals surface area contributed by atoms with E-state index in [9.17, 15) is 13.6 Å². The first-order chi connectivity index (χ1) is 11.9. The average Bonchev–Trinajstić information content (AvgIpc) is 2.87. The number of benzene rings is 1. The number of amides is 1. The quantitative estimate of drug-likeness (QED) is 0.890. The number of nitrogens with zero attached hydrogens (tertiary/aromatic N) is 2. The van der Waals surface area contributed by atoms with Gasteiger partial charge < -0.3 is 15.0 Å². The molecule has 1 saturated heterocycles. The lowest BCUT2D eigenvalue weighted by Crippen LogP contribution is -2.44. The average molecular weight is 353 g/mol. The molecule has 1 N–H and O–H groups in total. The number of nitrogens with one attached hydrogen (secondary N) is 1. The summed E-state index contributed by atoms with van der Waals surface area (Å²) in [6, 6.07) is 3.37. The Morgan fingerprint density at radius 3 is 2.96 bits per heavy atom. The lowest BCUT2D eigenvalue weighted by Gasteiger charge is -2.31. The smallest absolute Gasteiger partial charge is 0.251 e. The topological polar surface area (TPSA) is 54.0 Å². The van der Waals surface area contributed by atoms with Crippen LogP contribution in [0.25, 0.3) is 0 Å². The molecular formula is C17H21F2N3O3. The van der Waals surface area contributed by atoms with E-state index in [2.05, 4.69) is 5.32 Å². The van der Waals surface area contributed by atoms with E-state index in [4.69, 9.17) is 9.57 Å². The molecule has 2 atom stereocenters. The van der Waals surface area contributed by atoms with Gasteiger partial charge in [-0.1, -0.05) is 6.07 Å². The lowest BCUT2D eigenvalue weighted by atomic mass is 10.2. The molecule has 2 heterocycles. The van der Waals surface area contributed by atoms with Gasteiger partial charge >= 0.3 is 0 Å². The number of hydrogen-bond donors (Lipinski definition) is 1. The van der Waals surface area contributed by atoms with Gasteiger partial charge in [-0.2, -0.15) is 5.06 Å². The predicted molar refractivity (Wildman–Crippen MR) is 85.9 cm³/mol. The van der Waals surface area contributed by atoms with E-state index >= 15 is 0 Å². The van der Waals surface area contributed by atoms with Gasteiger partial charge in [-0.05, 0) is 13.0 Å². The molecule has 0 spiro atoms. The molecule has 25 heavy (non-hydrogen) atoms. The van der Waals surface area contributed by atoms with Gasteiger partial charge in [0, 0.05) is 31.4 Å². The molecule has 0 saturated carbocycles. The molecule has 2 aliphatic rings. The molecule has 3 rings (SSSR count). The van der Waals surface area contributed by atoms with Crippen LogP contribution in [0, 0.1) is 11.6 Å². The van der Waals surface area contributed by atoms with Crippen molar-refractivity contribution in [3.8, 4) is 0 Å². The maximum atomic E-state index is 13.7. The number of halogens is 2. The highest BCUT2D eigenvalue weighted by Crippen LogP contribution is 2.21. The molecule has 0 aliphatic carbocycles. The largest absolute Gasteiger partial charge is 0.376 e. The molecule has 1 amide bonds. The lowest BCUT2D eigenvalue weighted by molar-refractivity contribution is -0.215. The van der Waals surface area contributed by atoms with Crippen molar-refractivity contribution in [1.29, 1.82) is 0 Å². The summed E-state index contributed by atoms with van der Waals surface area (Å²) in [5, 5.41) is 4.40. The zero-order valence-electron chi connectivity index (χ0n) is 14.2. The second-order valence-electron chi connectivity index (χ2n) is 6.28. The maximum Gasteiger partial charge on any atom is 0.251 e. The van der Waals surface area contributed by atoms with Crippen molar-refractivity contribution in [3.05, 3.63) is 47.2 Å². The Kier molecular flexibility index (Phi) is 5.31. The van der Waals surface area contributed by atoms with Crippen molar-refractivity contribution in [1.82, 2.24) is 15.3 Å². The first-order valence-corrected chi connectivity index (χ1v) is 8.10. The van der Waals surface area contributed by atoms with E-state index in [-0.39, 0.29) is 36.9 Å². The van der Waals surface area contributed by atoms with Crippen LogP contribution >= 0.6 is 0 Å². The van der Waals surface area contributed by atoms with Crippen molar-refractivity contribution in [2.45, 2.75) is 25.7 Å². The van der Waals surface area contributed by atoms with Crippen molar-refractivity contribution in [2.75, 3.05) is 26.8 Å². The molecule has 2 aliphatic heterocycles. The zero-order chi connectivity index (χ0) is 18.0. The Labute approximate surface area is 144 Å². The van der Waals surface area contributed by atoms with Crippen LogP contribution in [-0.2, 0) is 20.9 Å². The van der Waals surface area contributed by atoms with Crippen LogP contribution in [0.3, 0.4) is 0 Å². The first-order valence-electron chi connectivity index (χ1n) is 8.10. The van der Waals surface area contributed by atoms with Gasteiger partial charge in [0.25, 0.3) is 5.91 Å². The van der Waals surface area contributed by atoms with E-state index in [1.807, 2.05) is 18.9 Å². The van der Waals surface area contributed by atoms with Crippen molar-refractivity contribution in [3.63, 3.8) is 0 Å². The van der Waals surface area contributed by atoms with Gasteiger partial charge in [-0.15, -0.1) is 0 Å². The van der Waals surface area contributed by atoms with Gasteiger partial charge in [0.2, 0.25) is 0 Å². The molecule has 6 nitrogen and oxygen atoms in total. The summed E-state index contributed by atoms with van der Waals surface area (Å²) in [5.41, 5.74) is 0.639. The van der Waals surface area contributed by atoms with Gasteiger partial charge in [-0.25, -0.2) is 8.78 Å². The third-order valence-corrected chi connectivity index (χ3v) is 4.18. The van der Waals surface area contributed by atoms with Crippen LogP contribution in [0.5, 0.6) is 0 Å². The molecule has 8 heteroatoms. The summed E-state index contributed by atoms with van der Waals surface area (Å²) in [6.07, 6.45) is 1.52. The van der Waals surface area contributed by atoms with E-state index in [0.717, 1.165) is 12.1 Å². The summed E-state index contributed by atoms with van der Waals surface area (Å²) in [6.45, 7) is 3.18. The fourth-order valence-electron chi connectivity index (χ4n) is 2.85. The van der Waals surface area contributed by atoms with Crippen LogP contribution in [0.15, 0.2) is 30.0 Å². The van der Waals surface area contributed by atoms with E-state index in [0.29, 0.717) is 18.7 Å². The number of hydrogen-bond acceptors (Lipinski definition) is 5. The van der Waals surface area contributed by atoms with Gasteiger partial charge in [0.05, 0.1) is 24.8 Å². The number of fused-ring (bicyclic) bond motifs is 1. The van der Waals surface area contributed by atoms with E-state index in [1.54, 1.807) is 11.3 Å². The van der Waals surface area contributed by atoms with Gasteiger partial charge in [0.15, 0.2) is 6.23 Å². The summed E-state index contributed by atoms with van der Waals surface area (Å²) in [7, 11) is 1.85. The molecule has 0 radical (unpaired) electrons. The van der Waals surface area contributed by atoms with E-state index < -0.39 is 11.6 Å². The fourth-order valence-corrected chi connectivity index (χ4v) is 2.85. The third-order valence-electron chi connectivity index (χ3n) is 4.18. The van der Waals surface area contributed by atoms with E-state index in [1.165, 1.54) is 6.07 Å². The Morgan fingerprint density at radius 2 is 2.20 bits per heavy atom. The number of likely N-dealkylation sites (N-methyl/N-ethyl adjacent to an activating group) is 1. The van der Waals surface area contributed by atoms with Crippen molar-refractivity contribution >= 4 is 5.91 Å². The molecule has 1 fully saturated rings. The van der Waals surface area contributed by atoms with Crippen LogP contribution in [0.2, 0.25) is 0 Å². The third kappa shape index (κ3) is 4.15. The summed E-state index contributed by atoms with van der Waals surface area (Å²) < 4.78 is 32.2. The molecule has 0 bridgehead atoms. The summed E-state index contributed by atoms with van der Waals surface area (Å²) in [4.78, 5) is 20.0. The Hall–Kier alpha value is -2.03. The van der Waals surface area contributed by atoms with Crippen molar-refractivity contribution < 1.29 is 23.1 Å². The van der Waals surface area contributed by atoms with Gasteiger partial charge in [0.1, 0.15) is 18.2 Å². The minimum absolute atomic E-state index is 0.0299. The highest BCUT2D eigenvalue weighted by molar-refractivity contribution is 5.93. The van der Waals surface area contributed by atoms with Gasteiger partial charge in [-0.3, -0.25) is 9.63 Å². The first kappa shape index (κ1) is 17.8. The van der Waals surface area contributed by atoms with Crippen molar-refractivity contribution in [2.24, 2.45) is 0 Å². The Balaban J connectivity index is 1.64.